The molecule has 0 radical (unpaired) electrons. The summed E-state index contributed by atoms with van der Waals surface area (Å²) in [7, 11) is -3.08. The van der Waals surface area contributed by atoms with Gasteiger partial charge < -0.3 is 11.1 Å². The normalized spacial score (nSPS) is 13.1. The largest absolute Gasteiger partial charge is 0.330 e. The maximum atomic E-state index is 11.6. The van der Waals surface area contributed by atoms with Gasteiger partial charge in [0.15, 0.2) is 9.84 Å². The van der Waals surface area contributed by atoms with Crippen LogP contribution in [0.5, 0.6) is 0 Å². The van der Waals surface area contributed by atoms with Crippen LogP contribution in [0.25, 0.3) is 0 Å². The van der Waals surface area contributed by atoms with Crippen LogP contribution in [-0.2, 0) is 20.4 Å². The first kappa shape index (κ1) is 14.7. The topological polar surface area (TPSA) is 89.3 Å². The van der Waals surface area contributed by atoms with E-state index in [0.717, 1.165) is 0 Å². The van der Waals surface area contributed by atoms with E-state index in [2.05, 4.69) is 5.32 Å². The Hall–Kier alpha value is -1.40. The van der Waals surface area contributed by atoms with Crippen LogP contribution in [0.15, 0.2) is 24.3 Å². The molecule has 0 bridgehead atoms. The Balaban J connectivity index is 2.80. The maximum absolute atomic E-state index is 11.6. The van der Waals surface area contributed by atoms with Crippen molar-refractivity contribution in [2.75, 3.05) is 18.1 Å². The van der Waals surface area contributed by atoms with E-state index in [1.807, 2.05) is 0 Å². The molecule has 0 aromatic heterocycles. The molecule has 0 saturated carbocycles. The Morgan fingerprint density at radius 3 is 2.67 bits per heavy atom. The average Bonchev–Trinajstić information content (AvgIpc) is 2.26. The van der Waals surface area contributed by atoms with Crippen molar-refractivity contribution in [1.29, 1.82) is 0 Å². The van der Waals surface area contributed by atoms with Gasteiger partial charge in [0.2, 0.25) is 5.91 Å². The highest BCUT2D eigenvalue weighted by molar-refractivity contribution is 7.89. The van der Waals surface area contributed by atoms with Crippen LogP contribution in [-0.4, -0.2) is 27.1 Å². The third kappa shape index (κ3) is 4.85. The lowest BCUT2D eigenvalue weighted by Crippen LogP contribution is -2.26. The van der Waals surface area contributed by atoms with Gasteiger partial charge in [-0.2, -0.15) is 0 Å². The van der Waals surface area contributed by atoms with E-state index in [4.69, 9.17) is 5.73 Å². The summed E-state index contributed by atoms with van der Waals surface area (Å²) in [6, 6.07) is 6.79. The van der Waals surface area contributed by atoms with E-state index < -0.39 is 9.84 Å². The molecular formula is C12H18N2O3S. The molecule has 100 valence electrons. The Morgan fingerprint density at radius 2 is 2.11 bits per heavy atom. The van der Waals surface area contributed by atoms with Gasteiger partial charge in [-0.1, -0.05) is 19.1 Å². The first-order valence-corrected chi connectivity index (χ1v) is 7.65. The molecule has 1 rings (SSSR count). The SMILES string of the molecule is CC(CN)C(=O)Nc1cccc(CS(C)(=O)=O)c1. The first-order valence-electron chi connectivity index (χ1n) is 5.59. The zero-order chi connectivity index (χ0) is 13.8. The molecule has 1 aromatic carbocycles. The Morgan fingerprint density at radius 1 is 1.44 bits per heavy atom. The molecule has 6 heteroatoms. The van der Waals surface area contributed by atoms with Gasteiger partial charge in [-0.05, 0) is 17.7 Å². The van der Waals surface area contributed by atoms with Crippen molar-refractivity contribution in [3.05, 3.63) is 29.8 Å². The maximum Gasteiger partial charge on any atom is 0.228 e. The van der Waals surface area contributed by atoms with Gasteiger partial charge in [-0.15, -0.1) is 0 Å². The molecule has 18 heavy (non-hydrogen) atoms. The third-order valence-electron chi connectivity index (χ3n) is 2.42. The molecule has 0 saturated heterocycles. The second-order valence-electron chi connectivity index (χ2n) is 4.40. The summed E-state index contributed by atoms with van der Waals surface area (Å²) in [6.07, 6.45) is 1.18. The fraction of sp³-hybridized carbons (Fsp3) is 0.417. The minimum absolute atomic E-state index is 0.0385. The molecule has 1 aromatic rings. The summed E-state index contributed by atoms with van der Waals surface area (Å²) in [5.41, 5.74) is 6.63. The number of rotatable bonds is 5. The minimum Gasteiger partial charge on any atom is -0.330 e. The van der Waals surface area contributed by atoms with Crippen molar-refractivity contribution >= 4 is 21.4 Å². The highest BCUT2D eigenvalue weighted by Gasteiger charge is 2.11. The fourth-order valence-corrected chi connectivity index (χ4v) is 2.20. The molecule has 0 spiro atoms. The number of amides is 1. The van der Waals surface area contributed by atoms with Crippen LogP contribution in [0.3, 0.4) is 0 Å². The Labute approximate surface area is 107 Å². The van der Waals surface area contributed by atoms with E-state index in [9.17, 15) is 13.2 Å². The molecule has 0 heterocycles. The number of nitrogens with two attached hydrogens (primary N) is 1. The number of hydrogen-bond acceptors (Lipinski definition) is 4. The summed E-state index contributed by atoms with van der Waals surface area (Å²) in [4.78, 5) is 11.6. The van der Waals surface area contributed by atoms with E-state index in [1.54, 1.807) is 31.2 Å². The molecule has 0 aliphatic rings. The number of benzene rings is 1. The average molecular weight is 270 g/mol. The summed E-state index contributed by atoms with van der Waals surface area (Å²) in [5.74, 6) is -0.485. The molecule has 0 fully saturated rings. The van der Waals surface area contributed by atoms with E-state index in [0.29, 0.717) is 11.3 Å². The van der Waals surface area contributed by atoms with Crippen molar-refractivity contribution in [2.24, 2.45) is 11.7 Å². The summed E-state index contributed by atoms with van der Waals surface area (Å²) in [6.45, 7) is 2.00. The van der Waals surface area contributed by atoms with Crippen LogP contribution in [0.1, 0.15) is 12.5 Å². The number of carbonyl (C=O) groups is 1. The van der Waals surface area contributed by atoms with Crippen molar-refractivity contribution in [3.8, 4) is 0 Å². The molecule has 3 N–H and O–H groups in total. The van der Waals surface area contributed by atoms with Gasteiger partial charge in [-0.3, -0.25) is 4.79 Å². The van der Waals surface area contributed by atoms with Crippen molar-refractivity contribution < 1.29 is 13.2 Å². The van der Waals surface area contributed by atoms with Gasteiger partial charge >= 0.3 is 0 Å². The number of anilines is 1. The molecule has 0 aliphatic heterocycles. The second kappa shape index (κ2) is 5.97. The molecule has 1 amide bonds. The lowest BCUT2D eigenvalue weighted by molar-refractivity contribution is -0.119. The van der Waals surface area contributed by atoms with Crippen molar-refractivity contribution in [3.63, 3.8) is 0 Å². The Bertz CT molecular complexity index is 526. The highest BCUT2D eigenvalue weighted by atomic mass is 32.2. The van der Waals surface area contributed by atoms with Gasteiger partial charge in [0.1, 0.15) is 0 Å². The monoisotopic (exact) mass is 270 g/mol. The van der Waals surface area contributed by atoms with Crippen molar-refractivity contribution in [1.82, 2.24) is 0 Å². The van der Waals surface area contributed by atoms with Crippen LogP contribution in [0.4, 0.5) is 5.69 Å². The predicted molar refractivity (Wildman–Crippen MR) is 71.8 cm³/mol. The minimum atomic E-state index is -3.08. The Kier molecular flexibility index (Phi) is 4.86. The molecular weight excluding hydrogens is 252 g/mol. The summed E-state index contributed by atoms with van der Waals surface area (Å²) < 4.78 is 22.4. The zero-order valence-electron chi connectivity index (χ0n) is 10.5. The third-order valence-corrected chi connectivity index (χ3v) is 3.28. The van der Waals surface area contributed by atoms with E-state index in [1.165, 1.54) is 6.26 Å². The standard InChI is InChI=1S/C12H18N2O3S/c1-9(7-13)12(15)14-11-5-3-4-10(6-11)8-18(2,16)17/h3-6,9H,7-8,13H2,1-2H3,(H,14,15). The smallest absolute Gasteiger partial charge is 0.228 e. The number of hydrogen-bond donors (Lipinski definition) is 2. The number of sulfone groups is 1. The van der Waals surface area contributed by atoms with Crippen LogP contribution in [0, 0.1) is 5.92 Å². The molecule has 1 atom stereocenters. The van der Waals surface area contributed by atoms with E-state index in [-0.39, 0.29) is 24.1 Å². The second-order valence-corrected chi connectivity index (χ2v) is 6.54. The van der Waals surface area contributed by atoms with Gasteiger partial charge in [-0.25, -0.2) is 8.42 Å². The van der Waals surface area contributed by atoms with Gasteiger partial charge in [0.05, 0.1) is 5.75 Å². The summed E-state index contributed by atoms with van der Waals surface area (Å²) >= 11 is 0. The first-order chi connectivity index (χ1) is 8.31. The molecule has 5 nitrogen and oxygen atoms in total. The lowest BCUT2D eigenvalue weighted by Gasteiger charge is -2.10. The van der Waals surface area contributed by atoms with Crippen LogP contribution in [0.2, 0.25) is 0 Å². The van der Waals surface area contributed by atoms with Crippen LogP contribution >= 0.6 is 0 Å². The van der Waals surface area contributed by atoms with Gasteiger partial charge in [0, 0.05) is 24.4 Å². The quantitative estimate of drug-likeness (QED) is 0.826. The van der Waals surface area contributed by atoms with Gasteiger partial charge in [0.25, 0.3) is 0 Å². The van der Waals surface area contributed by atoms with E-state index >= 15 is 0 Å². The lowest BCUT2D eigenvalue weighted by atomic mass is 10.1. The summed E-state index contributed by atoms with van der Waals surface area (Å²) in [5, 5.41) is 2.71. The van der Waals surface area contributed by atoms with Crippen molar-refractivity contribution in [2.45, 2.75) is 12.7 Å². The molecule has 1 unspecified atom stereocenters. The molecule has 0 aliphatic carbocycles. The zero-order valence-corrected chi connectivity index (χ0v) is 11.3. The number of nitrogens with one attached hydrogen (secondary N) is 1. The predicted octanol–water partition coefficient (Wildman–Crippen LogP) is 0.764. The van der Waals surface area contributed by atoms with Crippen LogP contribution < -0.4 is 11.1 Å². The highest BCUT2D eigenvalue weighted by Crippen LogP contribution is 2.13. The fourth-order valence-electron chi connectivity index (χ4n) is 1.41. The number of carbonyl (C=O) groups excluding carboxylic acids is 1.